The van der Waals surface area contributed by atoms with Crippen molar-refractivity contribution in [1.29, 1.82) is 0 Å². The van der Waals surface area contributed by atoms with Gasteiger partial charge in [-0.3, -0.25) is 0 Å². The number of nitrogens with zero attached hydrogens (tertiary/aromatic N) is 3. The van der Waals surface area contributed by atoms with E-state index >= 15 is 0 Å². The van der Waals surface area contributed by atoms with E-state index in [9.17, 15) is 0 Å². The molecule has 0 radical (unpaired) electrons. The van der Waals surface area contributed by atoms with Crippen molar-refractivity contribution in [2.75, 3.05) is 0 Å². The Bertz CT molecular complexity index is 318. The summed E-state index contributed by atoms with van der Waals surface area (Å²) in [6, 6.07) is 7.82. The molecule has 0 atom stereocenters. The molecule has 0 saturated heterocycles. The van der Waals surface area contributed by atoms with E-state index in [1.165, 1.54) is 18.4 Å². The van der Waals surface area contributed by atoms with Gasteiger partial charge in [0.1, 0.15) is 0 Å². The fraction of sp³-hybridized carbons (Fsp3) is 0.333. The van der Waals surface area contributed by atoms with Gasteiger partial charge in [0.2, 0.25) is 0 Å². The van der Waals surface area contributed by atoms with Gasteiger partial charge >= 0.3 is 0 Å². The van der Waals surface area contributed by atoms with Crippen LogP contribution in [-0.2, 0) is 0 Å². The van der Waals surface area contributed by atoms with Gasteiger partial charge in [-0.05, 0) is 29.9 Å². The van der Waals surface area contributed by atoms with Crippen LogP contribution >= 0.6 is 0 Å². The maximum absolute atomic E-state index is 8.17. The van der Waals surface area contributed by atoms with E-state index in [0.29, 0.717) is 5.69 Å². The van der Waals surface area contributed by atoms with E-state index in [0.717, 1.165) is 5.92 Å². The standard InChI is InChI=1S/C9H9N3/c10-12-11-9-5-3-8(4-6-9)7-1-2-7/h3-7H,1-2H2. The Morgan fingerprint density at radius 3 is 2.42 bits per heavy atom. The monoisotopic (exact) mass is 159 g/mol. The van der Waals surface area contributed by atoms with Crippen molar-refractivity contribution in [3.8, 4) is 0 Å². The summed E-state index contributed by atoms with van der Waals surface area (Å²) in [5.74, 6) is 0.769. The highest BCUT2D eigenvalue weighted by molar-refractivity contribution is 5.40. The highest BCUT2D eigenvalue weighted by Gasteiger charge is 2.22. The zero-order valence-corrected chi connectivity index (χ0v) is 6.64. The Labute approximate surface area is 70.7 Å². The molecule has 1 aliphatic rings. The summed E-state index contributed by atoms with van der Waals surface area (Å²) >= 11 is 0. The third-order valence-electron chi connectivity index (χ3n) is 2.10. The molecule has 1 aromatic rings. The summed E-state index contributed by atoms with van der Waals surface area (Å²) in [5, 5.41) is 3.51. The van der Waals surface area contributed by atoms with E-state index in [-0.39, 0.29) is 0 Å². The molecule has 0 amide bonds. The average Bonchev–Trinajstić information content (AvgIpc) is 2.89. The van der Waals surface area contributed by atoms with Crippen LogP contribution in [-0.4, -0.2) is 0 Å². The first-order valence-corrected chi connectivity index (χ1v) is 4.05. The van der Waals surface area contributed by atoms with Crippen molar-refractivity contribution >= 4 is 5.69 Å². The molecule has 3 nitrogen and oxygen atoms in total. The molecule has 1 aliphatic carbocycles. The highest BCUT2D eigenvalue weighted by atomic mass is 15.1. The fourth-order valence-electron chi connectivity index (χ4n) is 1.28. The van der Waals surface area contributed by atoms with Gasteiger partial charge in [-0.2, -0.15) is 0 Å². The van der Waals surface area contributed by atoms with E-state index in [4.69, 9.17) is 5.53 Å². The van der Waals surface area contributed by atoms with Crippen LogP contribution in [0.25, 0.3) is 10.4 Å². The summed E-state index contributed by atoms with van der Waals surface area (Å²) < 4.78 is 0. The third-order valence-corrected chi connectivity index (χ3v) is 2.10. The minimum atomic E-state index is 0.696. The summed E-state index contributed by atoms with van der Waals surface area (Å²) in [4.78, 5) is 2.72. The lowest BCUT2D eigenvalue weighted by molar-refractivity contribution is 1.13. The molecule has 3 heteroatoms. The first kappa shape index (κ1) is 7.19. The Hall–Kier alpha value is -1.47. The Morgan fingerprint density at radius 2 is 1.92 bits per heavy atom. The lowest BCUT2D eigenvalue weighted by Gasteiger charge is -1.96. The van der Waals surface area contributed by atoms with Gasteiger partial charge in [0.15, 0.2) is 0 Å². The Morgan fingerprint density at radius 1 is 1.25 bits per heavy atom. The molecule has 0 spiro atoms. The van der Waals surface area contributed by atoms with Crippen molar-refractivity contribution in [3.05, 3.63) is 40.3 Å². The third kappa shape index (κ3) is 1.41. The lowest BCUT2D eigenvalue weighted by Crippen LogP contribution is -1.75. The van der Waals surface area contributed by atoms with Crippen LogP contribution in [0.2, 0.25) is 0 Å². The molecule has 0 bridgehead atoms. The number of azide groups is 1. The smallest absolute Gasteiger partial charge is 0.0375 e. The van der Waals surface area contributed by atoms with Crippen LogP contribution in [0, 0.1) is 0 Å². The Kier molecular flexibility index (Phi) is 1.72. The zero-order chi connectivity index (χ0) is 8.39. The molecule has 0 N–H and O–H groups in total. The van der Waals surface area contributed by atoms with Crippen molar-refractivity contribution in [2.45, 2.75) is 18.8 Å². The van der Waals surface area contributed by atoms with Crippen molar-refractivity contribution in [1.82, 2.24) is 0 Å². The van der Waals surface area contributed by atoms with E-state index < -0.39 is 0 Å². The molecule has 0 unspecified atom stereocenters. The highest BCUT2D eigenvalue weighted by Crippen LogP contribution is 2.40. The van der Waals surface area contributed by atoms with Crippen molar-refractivity contribution in [3.63, 3.8) is 0 Å². The number of benzene rings is 1. The predicted molar refractivity (Wildman–Crippen MR) is 47.2 cm³/mol. The lowest BCUT2D eigenvalue weighted by atomic mass is 10.1. The van der Waals surface area contributed by atoms with Crippen LogP contribution in [0.15, 0.2) is 29.4 Å². The molecule has 0 heterocycles. The minimum absolute atomic E-state index is 0.696. The fourth-order valence-corrected chi connectivity index (χ4v) is 1.28. The van der Waals surface area contributed by atoms with E-state index in [1.807, 2.05) is 24.3 Å². The van der Waals surface area contributed by atoms with Gasteiger partial charge in [-0.1, -0.05) is 29.4 Å². The van der Waals surface area contributed by atoms with Crippen LogP contribution < -0.4 is 0 Å². The second-order valence-corrected chi connectivity index (χ2v) is 3.06. The van der Waals surface area contributed by atoms with Crippen LogP contribution in [0.1, 0.15) is 24.3 Å². The van der Waals surface area contributed by atoms with Crippen LogP contribution in [0.4, 0.5) is 5.69 Å². The summed E-state index contributed by atoms with van der Waals surface area (Å²) in [6.07, 6.45) is 2.61. The van der Waals surface area contributed by atoms with Crippen molar-refractivity contribution < 1.29 is 0 Å². The van der Waals surface area contributed by atoms with Gasteiger partial charge in [0, 0.05) is 10.6 Å². The van der Waals surface area contributed by atoms with Gasteiger partial charge in [0.25, 0.3) is 0 Å². The second kappa shape index (κ2) is 2.88. The van der Waals surface area contributed by atoms with E-state index in [2.05, 4.69) is 10.0 Å². The van der Waals surface area contributed by atoms with Crippen LogP contribution in [0.3, 0.4) is 0 Å². The molecule has 0 aromatic heterocycles. The van der Waals surface area contributed by atoms with Gasteiger partial charge in [-0.25, -0.2) is 0 Å². The zero-order valence-electron chi connectivity index (χ0n) is 6.64. The normalized spacial score (nSPS) is 15.3. The molecule has 12 heavy (non-hydrogen) atoms. The largest absolute Gasteiger partial charge is 0.0608 e. The van der Waals surface area contributed by atoms with Crippen LogP contribution in [0.5, 0.6) is 0 Å². The molecular formula is C9H9N3. The maximum Gasteiger partial charge on any atom is 0.0375 e. The minimum Gasteiger partial charge on any atom is -0.0608 e. The number of hydrogen-bond donors (Lipinski definition) is 0. The van der Waals surface area contributed by atoms with Gasteiger partial charge < -0.3 is 0 Å². The summed E-state index contributed by atoms with van der Waals surface area (Å²) in [5.41, 5.74) is 10.2. The quantitative estimate of drug-likeness (QED) is 0.360. The molecule has 60 valence electrons. The van der Waals surface area contributed by atoms with Crippen molar-refractivity contribution in [2.24, 2.45) is 5.11 Å². The molecule has 1 fully saturated rings. The van der Waals surface area contributed by atoms with E-state index in [1.54, 1.807) is 0 Å². The summed E-state index contributed by atoms with van der Waals surface area (Å²) in [7, 11) is 0. The molecule has 2 rings (SSSR count). The maximum atomic E-state index is 8.17. The first-order valence-electron chi connectivity index (χ1n) is 4.05. The molecule has 1 aromatic carbocycles. The molecule has 1 saturated carbocycles. The first-order chi connectivity index (χ1) is 5.90. The van der Waals surface area contributed by atoms with Gasteiger partial charge in [0.05, 0.1) is 0 Å². The topological polar surface area (TPSA) is 48.8 Å². The molecular weight excluding hydrogens is 150 g/mol. The number of hydrogen-bond acceptors (Lipinski definition) is 1. The Balaban J connectivity index is 2.23. The average molecular weight is 159 g/mol. The molecule has 0 aliphatic heterocycles. The second-order valence-electron chi connectivity index (χ2n) is 3.06. The predicted octanol–water partition coefficient (Wildman–Crippen LogP) is 3.51. The number of rotatable bonds is 2. The SMILES string of the molecule is [N-]=[N+]=Nc1ccc(C2CC2)cc1. The summed E-state index contributed by atoms with van der Waals surface area (Å²) in [6.45, 7) is 0. The van der Waals surface area contributed by atoms with Gasteiger partial charge in [-0.15, -0.1) is 0 Å².